The van der Waals surface area contributed by atoms with Crippen molar-refractivity contribution in [3.63, 3.8) is 0 Å². The quantitative estimate of drug-likeness (QED) is 0.729. The highest BCUT2D eigenvalue weighted by atomic mass is 79.9. The van der Waals surface area contributed by atoms with Crippen LogP contribution in [0.2, 0.25) is 5.02 Å². The van der Waals surface area contributed by atoms with Crippen LogP contribution < -0.4 is 10.0 Å². The van der Waals surface area contributed by atoms with Gasteiger partial charge in [0.1, 0.15) is 4.90 Å². The molecule has 1 heterocycles. The fourth-order valence-corrected chi connectivity index (χ4v) is 3.79. The third-order valence-electron chi connectivity index (χ3n) is 2.75. The fraction of sp³-hybridized carbons (Fsp3) is 0.250. The summed E-state index contributed by atoms with van der Waals surface area (Å²) >= 11 is 9.16. The summed E-state index contributed by atoms with van der Waals surface area (Å²) in [5, 5.41) is 10.1. The van der Waals surface area contributed by atoms with Crippen LogP contribution in [0.3, 0.4) is 0 Å². The number of aryl methyl sites for hydroxylation is 1. The summed E-state index contributed by atoms with van der Waals surface area (Å²) in [6.45, 7) is 2.02. The number of hydrogen-bond donors (Lipinski definition) is 3. The average Bonchev–Trinajstić information content (AvgIpc) is 2.76. The van der Waals surface area contributed by atoms with Crippen molar-refractivity contribution in [1.29, 1.82) is 0 Å². The Morgan fingerprint density at radius 2 is 2.14 bits per heavy atom. The second kappa shape index (κ2) is 6.35. The lowest BCUT2D eigenvalue weighted by molar-refractivity contribution is 0.598. The number of rotatable bonds is 5. The molecule has 2 rings (SSSR count). The number of halogens is 2. The number of benzene rings is 1. The molecule has 0 saturated heterocycles. The minimum absolute atomic E-state index is 0.155. The molecule has 0 unspecified atom stereocenters. The number of aromatic amines is 1. The van der Waals surface area contributed by atoms with E-state index in [1.807, 2.05) is 0 Å². The molecule has 2 aromatic rings. The van der Waals surface area contributed by atoms with Gasteiger partial charge in [-0.05, 0) is 48.1 Å². The molecule has 114 valence electrons. The molecule has 0 fully saturated rings. The van der Waals surface area contributed by atoms with Gasteiger partial charge in [-0.25, -0.2) is 8.42 Å². The fourth-order valence-electron chi connectivity index (χ4n) is 1.88. The Kier molecular flexibility index (Phi) is 4.92. The van der Waals surface area contributed by atoms with Crippen molar-refractivity contribution in [3.8, 4) is 0 Å². The number of nitrogens with zero attached hydrogens (tertiary/aromatic N) is 1. The van der Waals surface area contributed by atoms with E-state index in [9.17, 15) is 8.42 Å². The van der Waals surface area contributed by atoms with E-state index in [4.69, 9.17) is 11.6 Å². The standard InChI is InChI=1S/C12H14BrClN4O2S/c1-7-12(11(6-15-2)17-16-7)21(19,20)18-8-3-4-10(14)9(13)5-8/h3-5,15,18H,6H2,1-2H3,(H,16,17). The Balaban J connectivity index is 2.38. The maximum absolute atomic E-state index is 12.5. The zero-order valence-electron chi connectivity index (χ0n) is 11.4. The van der Waals surface area contributed by atoms with E-state index < -0.39 is 10.0 Å². The van der Waals surface area contributed by atoms with Gasteiger partial charge in [-0.3, -0.25) is 9.82 Å². The van der Waals surface area contributed by atoms with E-state index in [0.717, 1.165) is 0 Å². The van der Waals surface area contributed by atoms with Crippen LogP contribution in [0.4, 0.5) is 5.69 Å². The van der Waals surface area contributed by atoms with E-state index >= 15 is 0 Å². The van der Waals surface area contributed by atoms with Gasteiger partial charge < -0.3 is 5.32 Å². The van der Waals surface area contributed by atoms with Gasteiger partial charge in [-0.15, -0.1) is 0 Å². The summed E-state index contributed by atoms with van der Waals surface area (Å²) in [7, 11) is -2.00. The zero-order valence-corrected chi connectivity index (χ0v) is 14.5. The summed E-state index contributed by atoms with van der Waals surface area (Å²) < 4.78 is 28.2. The molecule has 1 aromatic carbocycles. The molecule has 1 aromatic heterocycles. The van der Waals surface area contributed by atoms with Gasteiger partial charge in [0.2, 0.25) is 0 Å². The molecule has 0 aliphatic rings. The van der Waals surface area contributed by atoms with Gasteiger partial charge in [0.25, 0.3) is 10.0 Å². The molecule has 0 aliphatic carbocycles. The summed E-state index contributed by atoms with van der Waals surface area (Å²) in [5.41, 5.74) is 1.35. The van der Waals surface area contributed by atoms with Crippen LogP contribution in [0.25, 0.3) is 0 Å². The minimum Gasteiger partial charge on any atom is -0.314 e. The number of anilines is 1. The van der Waals surface area contributed by atoms with E-state index in [-0.39, 0.29) is 4.90 Å². The maximum Gasteiger partial charge on any atom is 0.265 e. The average molecular weight is 394 g/mol. The molecule has 0 spiro atoms. The van der Waals surface area contributed by atoms with Crippen molar-refractivity contribution in [1.82, 2.24) is 15.5 Å². The number of hydrogen-bond acceptors (Lipinski definition) is 4. The Labute approximate surface area is 136 Å². The van der Waals surface area contributed by atoms with Crippen molar-refractivity contribution >= 4 is 43.2 Å². The molecule has 0 bridgehead atoms. The topological polar surface area (TPSA) is 86.9 Å². The summed E-state index contributed by atoms with van der Waals surface area (Å²) in [5.74, 6) is 0. The predicted molar refractivity (Wildman–Crippen MR) is 86.0 cm³/mol. The van der Waals surface area contributed by atoms with Crippen LogP contribution in [-0.4, -0.2) is 25.7 Å². The van der Waals surface area contributed by atoms with E-state index in [1.165, 1.54) is 0 Å². The van der Waals surface area contributed by atoms with Crippen molar-refractivity contribution < 1.29 is 8.42 Å². The molecular formula is C12H14BrClN4O2S. The predicted octanol–water partition coefficient (Wildman–Crippen LogP) is 2.65. The van der Waals surface area contributed by atoms with E-state index in [2.05, 4.69) is 36.2 Å². The minimum atomic E-state index is -3.73. The molecular weight excluding hydrogens is 380 g/mol. The first kappa shape index (κ1) is 16.3. The molecule has 0 radical (unpaired) electrons. The molecule has 0 atom stereocenters. The second-order valence-electron chi connectivity index (χ2n) is 4.39. The first-order valence-electron chi connectivity index (χ1n) is 6.01. The van der Waals surface area contributed by atoms with Crippen LogP contribution in [0, 0.1) is 6.92 Å². The van der Waals surface area contributed by atoms with Crippen molar-refractivity contribution in [2.24, 2.45) is 0 Å². The van der Waals surface area contributed by atoms with Gasteiger partial charge in [0.05, 0.1) is 22.1 Å². The highest BCUT2D eigenvalue weighted by Crippen LogP contribution is 2.28. The summed E-state index contributed by atoms with van der Waals surface area (Å²) in [4.78, 5) is 0.155. The van der Waals surface area contributed by atoms with Crippen LogP contribution in [-0.2, 0) is 16.6 Å². The lowest BCUT2D eigenvalue weighted by Crippen LogP contribution is -2.17. The normalized spacial score (nSPS) is 11.6. The van der Waals surface area contributed by atoms with E-state index in [1.54, 1.807) is 32.2 Å². The highest BCUT2D eigenvalue weighted by Gasteiger charge is 2.24. The second-order valence-corrected chi connectivity index (χ2v) is 7.27. The monoisotopic (exact) mass is 392 g/mol. The Hall–Kier alpha value is -1.09. The molecule has 21 heavy (non-hydrogen) atoms. The van der Waals surface area contributed by atoms with Gasteiger partial charge in [0, 0.05) is 11.0 Å². The SMILES string of the molecule is CNCc1n[nH]c(C)c1S(=O)(=O)Nc1ccc(Cl)c(Br)c1. The molecule has 0 amide bonds. The maximum atomic E-state index is 12.5. The van der Waals surface area contributed by atoms with Crippen molar-refractivity contribution in [2.45, 2.75) is 18.4 Å². The molecule has 0 aliphatic heterocycles. The molecule has 3 N–H and O–H groups in total. The Morgan fingerprint density at radius 3 is 2.76 bits per heavy atom. The first-order valence-corrected chi connectivity index (χ1v) is 8.67. The van der Waals surface area contributed by atoms with Gasteiger partial charge >= 0.3 is 0 Å². The smallest absolute Gasteiger partial charge is 0.265 e. The van der Waals surface area contributed by atoms with Gasteiger partial charge in [-0.2, -0.15) is 5.10 Å². The molecule has 9 heteroatoms. The number of H-pyrrole nitrogens is 1. The molecule has 6 nitrogen and oxygen atoms in total. The van der Waals surface area contributed by atoms with Crippen LogP contribution in [0.5, 0.6) is 0 Å². The van der Waals surface area contributed by atoms with Gasteiger partial charge in [-0.1, -0.05) is 11.6 Å². The van der Waals surface area contributed by atoms with Crippen LogP contribution in [0.1, 0.15) is 11.4 Å². The Bertz CT molecular complexity index is 761. The third-order valence-corrected chi connectivity index (χ3v) is 5.54. The van der Waals surface area contributed by atoms with E-state index in [0.29, 0.717) is 33.1 Å². The van der Waals surface area contributed by atoms with Crippen molar-refractivity contribution in [2.75, 3.05) is 11.8 Å². The zero-order chi connectivity index (χ0) is 15.6. The largest absolute Gasteiger partial charge is 0.314 e. The lowest BCUT2D eigenvalue weighted by Gasteiger charge is -2.10. The summed E-state index contributed by atoms with van der Waals surface area (Å²) in [6, 6.07) is 4.81. The van der Waals surface area contributed by atoms with Crippen LogP contribution in [0.15, 0.2) is 27.6 Å². The van der Waals surface area contributed by atoms with Crippen LogP contribution >= 0.6 is 27.5 Å². The van der Waals surface area contributed by atoms with Gasteiger partial charge in [0.15, 0.2) is 0 Å². The number of sulfonamides is 1. The highest BCUT2D eigenvalue weighted by molar-refractivity contribution is 9.10. The third kappa shape index (κ3) is 3.57. The Morgan fingerprint density at radius 1 is 1.43 bits per heavy atom. The lowest BCUT2D eigenvalue weighted by atomic mass is 10.3. The summed E-state index contributed by atoms with van der Waals surface area (Å²) in [6.07, 6.45) is 0. The number of nitrogens with one attached hydrogen (secondary N) is 3. The van der Waals surface area contributed by atoms with Crippen molar-refractivity contribution in [3.05, 3.63) is 39.1 Å². The molecule has 0 saturated carbocycles. The number of aromatic nitrogens is 2. The first-order chi connectivity index (χ1) is 9.85.